The number of hydrogen-bond acceptors (Lipinski definition) is 3. The van der Waals surface area contributed by atoms with Crippen LogP contribution in [-0.4, -0.2) is 29.1 Å². The van der Waals surface area contributed by atoms with E-state index in [9.17, 15) is 9.67 Å². The van der Waals surface area contributed by atoms with E-state index in [1.165, 1.54) is 0 Å². The van der Waals surface area contributed by atoms with Crippen LogP contribution < -0.4 is 5.30 Å². The average Bonchev–Trinajstić information content (AvgIpc) is 2.81. The van der Waals surface area contributed by atoms with Crippen molar-refractivity contribution in [2.75, 3.05) is 12.8 Å². The molecule has 0 spiro atoms. The molecule has 3 nitrogen and oxygen atoms in total. The molecule has 0 aliphatic carbocycles. The minimum Gasteiger partial charge on any atom is -0.389 e. The van der Waals surface area contributed by atoms with Crippen LogP contribution in [0.4, 0.5) is 0 Å². The zero-order chi connectivity index (χ0) is 16.3. The van der Waals surface area contributed by atoms with E-state index in [1.54, 1.807) is 6.92 Å². The predicted molar refractivity (Wildman–Crippen MR) is 93.7 cm³/mol. The molecule has 0 amide bonds. The molecule has 2 aromatic carbocycles. The van der Waals surface area contributed by atoms with Gasteiger partial charge < -0.3 is 14.4 Å². The molecule has 0 aromatic heterocycles. The van der Waals surface area contributed by atoms with Crippen LogP contribution in [0, 0.1) is 0 Å². The number of ether oxygens (including phenoxy) is 1. The predicted octanol–water partition coefficient (Wildman–Crippen LogP) is 3.42. The van der Waals surface area contributed by atoms with Crippen LogP contribution in [-0.2, 0) is 15.9 Å². The molecule has 0 saturated carbocycles. The zero-order valence-electron chi connectivity index (χ0n) is 13.4. The lowest BCUT2D eigenvalue weighted by Gasteiger charge is -2.29. The maximum absolute atomic E-state index is 13.6. The first-order valence-electron chi connectivity index (χ1n) is 8.01. The quantitative estimate of drug-likeness (QED) is 0.855. The molecule has 23 heavy (non-hydrogen) atoms. The van der Waals surface area contributed by atoms with Gasteiger partial charge in [-0.25, -0.2) is 0 Å². The van der Waals surface area contributed by atoms with Crippen molar-refractivity contribution in [2.24, 2.45) is 0 Å². The summed E-state index contributed by atoms with van der Waals surface area (Å²) in [5.74, 6) is 0. The third-order valence-corrected chi connectivity index (χ3v) is 8.52. The van der Waals surface area contributed by atoms with Crippen molar-refractivity contribution < 1.29 is 14.4 Å². The number of rotatable bonds is 5. The zero-order valence-corrected chi connectivity index (χ0v) is 14.3. The van der Waals surface area contributed by atoms with Gasteiger partial charge in [0, 0.05) is 11.5 Å². The first-order valence-corrected chi connectivity index (χ1v) is 9.97. The van der Waals surface area contributed by atoms with Gasteiger partial charge >= 0.3 is 0 Å². The number of aliphatic hydroxyl groups is 1. The van der Waals surface area contributed by atoms with E-state index >= 15 is 0 Å². The third-order valence-electron chi connectivity index (χ3n) is 4.75. The van der Waals surface area contributed by atoms with E-state index in [1.807, 2.05) is 60.7 Å². The fourth-order valence-electron chi connectivity index (χ4n) is 3.32. The topological polar surface area (TPSA) is 46.5 Å². The maximum Gasteiger partial charge on any atom is 0.123 e. The van der Waals surface area contributed by atoms with Gasteiger partial charge in [-0.3, -0.25) is 0 Å². The van der Waals surface area contributed by atoms with Gasteiger partial charge in [0.2, 0.25) is 0 Å². The van der Waals surface area contributed by atoms with E-state index in [-0.39, 0.29) is 5.66 Å². The van der Waals surface area contributed by atoms with Crippen LogP contribution >= 0.6 is 7.14 Å². The second kappa shape index (κ2) is 6.60. The molecule has 122 valence electrons. The Morgan fingerprint density at radius 1 is 1.13 bits per heavy atom. The van der Waals surface area contributed by atoms with Gasteiger partial charge in [-0.15, -0.1) is 0 Å². The van der Waals surface area contributed by atoms with Crippen LogP contribution in [0.5, 0.6) is 0 Å². The molecule has 1 aliphatic rings. The summed E-state index contributed by atoms with van der Waals surface area (Å²) in [5.41, 5.74) is -0.206. The number of benzene rings is 2. The Balaban J connectivity index is 1.75. The Morgan fingerprint density at radius 3 is 2.39 bits per heavy atom. The molecule has 1 aliphatic heterocycles. The summed E-state index contributed by atoms with van der Waals surface area (Å²) in [5, 5.41) is 11.5. The van der Waals surface area contributed by atoms with Gasteiger partial charge in [0.25, 0.3) is 0 Å². The summed E-state index contributed by atoms with van der Waals surface area (Å²) in [6, 6.07) is 19.5. The lowest BCUT2D eigenvalue weighted by molar-refractivity contribution is 0.0202. The Morgan fingerprint density at radius 2 is 1.74 bits per heavy atom. The summed E-state index contributed by atoms with van der Waals surface area (Å²) in [6.45, 7) is 2.57. The van der Waals surface area contributed by atoms with Crippen molar-refractivity contribution in [3.8, 4) is 0 Å². The normalized spacial score (nSPS) is 30.4. The average molecular weight is 330 g/mol. The van der Waals surface area contributed by atoms with Crippen molar-refractivity contribution in [3.63, 3.8) is 0 Å². The Bertz CT molecular complexity index is 682. The molecule has 4 heteroatoms. The molecule has 1 fully saturated rings. The highest BCUT2D eigenvalue weighted by atomic mass is 31.2. The third kappa shape index (κ3) is 3.42. The molecule has 1 N–H and O–H groups in total. The van der Waals surface area contributed by atoms with E-state index in [0.29, 0.717) is 25.8 Å². The molecule has 3 atom stereocenters. The highest BCUT2D eigenvalue weighted by Gasteiger charge is 2.52. The first kappa shape index (κ1) is 16.4. The van der Waals surface area contributed by atoms with Crippen molar-refractivity contribution in [1.29, 1.82) is 0 Å². The van der Waals surface area contributed by atoms with Crippen LogP contribution in [0.3, 0.4) is 0 Å². The summed E-state index contributed by atoms with van der Waals surface area (Å²) in [7, 11) is -2.65. The Labute approximate surface area is 137 Å². The molecular weight excluding hydrogens is 307 g/mol. The van der Waals surface area contributed by atoms with Gasteiger partial charge in [0.1, 0.15) is 7.14 Å². The van der Waals surface area contributed by atoms with Crippen LogP contribution in [0.25, 0.3) is 0 Å². The SMILES string of the molecule is CC1(O)CCP(=O)(c2ccccc2)C1COCc1ccccc1. The Kier molecular flexibility index (Phi) is 4.72. The van der Waals surface area contributed by atoms with Gasteiger partial charge in [0.05, 0.1) is 24.5 Å². The van der Waals surface area contributed by atoms with Gasteiger partial charge in [-0.05, 0) is 18.9 Å². The summed E-state index contributed by atoms with van der Waals surface area (Å²) in [6.07, 6.45) is 1.10. The highest BCUT2D eigenvalue weighted by Crippen LogP contribution is 2.60. The van der Waals surface area contributed by atoms with E-state index in [2.05, 4.69) is 0 Å². The minimum absolute atomic E-state index is 0.314. The highest BCUT2D eigenvalue weighted by molar-refractivity contribution is 7.72. The van der Waals surface area contributed by atoms with Gasteiger partial charge in [-0.1, -0.05) is 60.7 Å². The molecule has 2 aromatic rings. The molecule has 1 saturated heterocycles. The lowest BCUT2D eigenvalue weighted by atomic mass is 10.00. The molecule has 1 heterocycles. The van der Waals surface area contributed by atoms with Gasteiger partial charge in [0.15, 0.2) is 0 Å². The lowest BCUT2D eigenvalue weighted by Crippen LogP contribution is -2.38. The second-order valence-corrected chi connectivity index (χ2v) is 9.66. The molecule has 0 radical (unpaired) electrons. The summed E-state index contributed by atoms with van der Waals surface area (Å²) < 4.78 is 19.4. The fraction of sp³-hybridized carbons (Fsp3) is 0.368. The molecule has 3 unspecified atom stereocenters. The van der Waals surface area contributed by atoms with Crippen molar-refractivity contribution in [2.45, 2.75) is 31.2 Å². The van der Waals surface area contributed by atoms with Crippen molar-refractivity contribution in [3.05, 3.63) is 66.2 Å². The van der Waals surface area contributed by atoms with Crippen LogP contribution in [0.15, 0.2) is 60.7 Å². The summed E-state index contributed by atoms with van der Waals surface area (Å²) >= 11 is 0. The van der Waals surface area contributed by atoms with Crippen molar-refractivity contribution >= 4 is 12.4 Å². The van der Waals surface area contributed by atoms with Crippen molar-refractivity contribution in [1.82, 2.24) is 0 Å². The second-order valence-electron chi connectivity index (χ2n) is 6.48. The first-order chi connectivity index (χ1) is 11.0. The monoisotopic (exact) mass is 330 g/mol. The molecule has 3 rings (SSSR count). The minimum atomic E-state index is -2.65. The van der Waals surface area contributed by atoms with E-state index < -0.39 is 12.7 Å². The van der Waals surface area contributed by atoms with Gasteiger partial charge in [-0.2, -0.15) is 0 Å². The van der Waals surface area contributed by atoms with Crippen LogP contribution in [0.2, 0.25) is 0 Å². The Hall–Kier alpha value is -1.41. The van der Waals surface area contributed by atoms with E-state index in [4.69, 9.17) is 4.74 Å². The maximum atomic E-state index is 13.6. The van der Waals surface area contributed by atoms with Crippen LogP contribution in [0.1, 0.15) is 18.9 Å². The summed E-state index contributed by atoms with van der Waals surface area (Å²) in [4.78, 5) is 0. The fourth-order valence-corrected chi connectivity index (χ4v) is 7.08. The largest absolute Gasteiger partial charge is 0.389 e. The van der Waals surface area contributed by atoms with E-state index in [0.717, 1.165) is 10.9 Å². The molecular formula is C19H23O3P. The molecule has 0 bridgehead atoms. The number of hydrogen-bond donors (Lipinski definition) is 1. The smallest absolute Gasteiger partial charge is 0.123 e. The standard InChI is InChI=1S/C19H23O3P/c1-19(20)12-13-23(21,17-10-6-3-7-11-17)18(19)15-22-14-16-8-4-2-5-9-16/h2-11,18,20H,12-15H2,1H3.